The number of benzene rings is 2. The Morgan fingerprint density at radius 2 is 1.71 bits per heavy atom. The van der Waals surface area contributed by atoms with Crippen molar-refractivity contribution in [1.82, 2.24) is 0 Å². The third-order valence-corrected chi connectivity index (χ3v) is 2.02. The quantitative estimate of drug-likeness (QED) is 0.656. The number of rotatable bonds is 1. The van der Waals surface area contributed by atoms with Crippen molar-refractivity contribution in [3.63, 3.8) is 0 Å². The second-order valence-corrected chi connectivity index (χ2v) is 2.83. The zero-order valence-corrected chi connectivity index (χ0v) is 11.0. The molecule has 0 aliphatic carbocycles. The van der Waals surface area contributed by atoms with E-state index >= 15 is 0 Å². The summed E-state index contributed by atoms with van der Waals surface area (Å²) in [5.41, 5.74) is 0.359. The molecule has 0 bridgehead atoms. The first-order chi connectivity index (χ1) is 6.29. The van der Waals surface area contributed by atoms with Crippen molar-refractivity contribution < 1.29 is 62.7 Å². The van der Waals surface area contributed by atoms with Gasteiger partial charge in [0.05, 0.1) is 5.56 Å². The average Bonchev–Trinajstić information content (AvgIpc) is 2.17. The summed E-state index contributed by atoms with van der Waals surface area (Å²) in [6.45, 7) is 0. The summed E-state index contributed by atoms with van der Waals surface area (Å²) in [7, 11) is 0. The number of fused-ring (bicyclic) bond motifs is 1. The van der Waals surface area contributed by atoms with Gasteiger partial charge in [0.2, 0.25) is 0 Å². The molecule has 2 rings (SSSR count). The summed E-state index contributed by atoms with van der Waals surface area (Å²) in [6, 6.07) is 12.7. The Hall–Kier alpha value is -0.194. The Labute approximate surface area is 126 Å². The maximum absolute atomic E-state index is 10.8. The van der Waals surface area contributed by atoms with Crippen LogP contribution in [-0.2, 0) is 0 Å². The molecule has 0 saturated heterocycles. The number of aromatic carboxylic acids is 1. The van der Waals surface area contributed by atoms with Crippen LogP contribution in [0.25, 0.3) is 10.8 Å². The first-order valence-corrected chi connectivity index (χ1v) is 4.00. The van der Waals surface area contributed by atoms with E-state index in [1.165, 1.54) is 0 Å². The van der Waals surface area contributed by atoms with Crippen LogP contribution < -0.4 is 51.4 Å². The molecular weight excluding hydrogens is 203 g/mol. The molecule has 1 N–H and O–H groups in total. The Kier molecular flexibility index (Phi) is 4.28. The van der Waals surface area contributed by atoms with Gasteiger partial charge in [-0.05, 0) is 16.8 Å². The molecule has 14 heavy (non-hydrogen) atoms. The molecule has 0 saturated carbocycles. The van der Waals surface area contributed by atoms with Crippen molar-refractivity contribution >= 4 is 16.7 Å². The minimum atomic E-state index is -0.878. The van der Waals surface area contributed by atoms with Crippen LogP contribution in [0.2, 0.25) is 0 Å². The van der Waals surface area contributed by atoms with Crippen molar-refractivity contribution in [3.8, 4) is 0 Å². The summed E-state index contributed by atoms with van der Waals surface area (Å²) in [4.78, 5) is 10.8. The van der Waals surface area contributed by atoms with Crippen LogP contribution in [0.1, 0.15) is 11.8 Å². The van der Waals surface area contributed by atoms with E-state index in [1.54, 1.807) is 12.1 Å². The van der Waals surface area contributed by atoms with Crippen molar-refractivity contribution in [3.05, 3.63) is 48.0 Å². The molecule has 0 heterocycles. The fraction of sp³-hybridized carbons (Fsp3) is 0. The van der Waals surface area contributed by atoms with E-state index in [4.69, 9.17) is 5.11 Å². The largest absolute Gasteiger partial charge is 1.00 e. The number of hydrogen-bond acceptors (Lipinski definition) is 1. The minimum absolute atomic E-state index is 0. The van der Waals surface area contributed by atoms with Crippen molar-refractivity contribution in [1.29, 1.82) is 0 Å². The number of carboxylic acids is 1. The van der Waals surface area contributed by atoms with E-state index < -0.39 is 5.97 Å². The second kappa shape index (κ2) is 5.05. The van der Waals surface area contributed by atoms with Gasteiger partial charge in [0.15, 0.2) is 0 Å². The van der Waals surface area contributed by atoms with Crippen molar-refractivity contribution in [2.45, 2.75) is 0 Å². The van der Waals surface area contributed by atoms with Gasteiger partial charge in [-0.25, -0.2) is 4.79 Å². The summed E-state index contributed by atoms with van der Waals surface area (Å²) >= 11 is 0. The van der Waals surface area contributed by atoms with Crippen LogP contribution in [0.5, 0.6) is 0 Å². The summed E-state index contributed by atoms with van der Waals surface area (Å²) in [6.07, 6.45) is 0. The summed E-state index contributed by atoms with van der Waals surface area (Å²) < 4.78 is 0. The van der Waals surface area contributed by atoms with Crippen LogP contribution in [0, 0.1) is 0 Å². The molecule has 0 fully saturated rings. The van der Waals surface area contributed by atoms with Gasteiger partial charge < -0.3 is 6.53 Å². The maximum Gasteiger partial charge on any atom is 1.00 e. The summed E-state index contributed by atoms with van der Waals surface area (Å²) in [5, 5.41) is 10.6. The van der Waals surface area contributed by atoms with Gasteiger partial charge in [0, 0.05) is 0 Å². The molecule has 0 unspecified atom stereocenters. The van der Waals surface area contributed by atoms with E-state index in [0.29, 0.717) is 5.56 Å². The van der Waals surface area contributed by atoms with Crippen LogP contribution >= 0.6 is 0 Å². The third-order valence-electron chi connectivity index (χ3n) is 2.02. The maximum atomic E-state index is 10.8. The zero-order chi connectivity index (χ0) is 9.26. The molecule has 3 heteroatoms. The molecule has 0 aliphatic heterocycles. The molecule has 0 atom stereocenters. The van der Waals surface area contributed by atoms with Crippen LogP contribution in [0.15, 0.2) is 42.5 Å². The van der Waals surface area contributed by atoms with Gasteiger partial charge in [-0.2, -0.15) is 0 Å². The van der Waals surface area contributed by atoms with Gasteiger partial charge >= 0.3 is 57.4 Å². The molecule has 0 amide bonds. The number of carboxylic acid groups (broad SMARTS) is 1. The monoisotopic (exact) mass is 212 g/mol. The normalized spacial score (nSPS) is 9.43. The Balaban J connectivity index is 0.000000980. The molecule has 2 aromatic rings. The SMILES string of the molecule is O=C(O)c1cccc2ccccc12.[H-].[K+]. The van der Waals surface area contributed by atoms with Gasteiger partial charge in [-0.3, -0.25) is 0 Å². The van der Waals surface area contributed by atoms with E-state index in [0.717, 1.165) is 10.8 Å². The Bertz CT molecular complexity index is 466. The van der Waals surface area contributed by atoms with Crippen LogP contribution in [0.3, 0.4) is 0 Å². The Morgan fingerprint density at radius 1 is 1.07 bits per heavy atom. The first-order valence-electron chi connectivity index (χ1n) is 4.00. The van der Waals surface area contributed by atoms with Crippen molar-refractivity contribution in [2.24, 2.45) is 0 Å². The van der Waals surface area contributed by atoms with E-state index in [1.807, 2.05) is 30.3 Å². The van der Waals surface area contributed by atoms with Gasteiger partial charge in [0.25, 0.3) is 0 Å². The molecule has 0 aromatic heterocycles. The first kappa shape index (κ1) is 11.9. The fourth-order valence-corrected chi connectivity index (χ4v) is 1.41. The van der Waals surface area contributed by atoms with E-state index in [9.17, 15) is 4.79 Å². The smallest absolute Gasteiger partial charge is 1.00 e. The molecule has 66 valence electrons. The fourth-order valence-electron chi connectivity index (χ4n) is 1.41. The van der Waals surface area contributed by atoms with Gasteiger partial charge in [0.1, 0.15) is 0 Å². The number of carbonyl (C=O) groups is 1. The average molecular weight is 212 g/mol. The number of hydrogen-bond donors (Lipinski definition) is 1. The predicted octanol–water partition coefficient (Wildman–Crippen LogP) is -0.345. The minimum Gasteiger partial charge on any atom is -1.00 e. The van der Waals surface area contributed by atoms with E-state index in [-0.39, 0.29) is 52.8 Å². The molecule has 0 spiro atoms. The molecule has 2 aromatic carbocycles. The van der Waals surface area contributed by atoms with Gasteiger partial charge in [-0.15, -0.1) is 0 Å². The standard InChI is InChI=1S/C11H8O2.K.H/c12-11(13)10-7-3-5-8-4-1-2-6-9(8)10;;/h1-7H,(H,12,13);;/q;+1;-1. The molecular formula is C11H9KO2. The Morgan fingerprint density at radius 3 is 2.43 bits per heavy atom. The van der Waals surface area contributed by atoms with Crippen LogP contribution in [-0.4, -0.2) is 11.1 Å². The molecule has 0 aliphatic rings. The summed E-state index contributed by atoms with van der Waals surface area (Å²) in [5.74, 6) is -0.878. The topological polar surface area (TPSA) is 37.3 Å². The van der Waals surface area contributed by atoms with Gasteiger partial charge in [-0.1, -0.05) is 36.4 Å². The van der Waals surface area contributed by atoms with E-state index in [2.05, 4.69) is 0 Å². The molecule has 2 nitrogen and oxygen atoms in total. The zero-order valence-electron chi connectivity index (χ0n) is 8.90. The predicted molar refractivity (Wildman–Crippen MR) is 52.0 cm³/mol. The molecule has 0 radical (unpaired) electrons. The third kappa shape index (κ3) is 2.24. The second-order valence-electron chi connectivity index (χ2n) is 2.83. The van der Waals surface area contributed by atoms with Crippen LogP contribution in [0.4, 0.5) is 0 Å². The van der Waals surface area contributed by atoms with Crippen molar-refractivity contribution in [2.75, 3.05) is 0 Å².